The molecule has 0 spiro atoms. The normalized spacial score (nSPS) is 10.4. The molecule has 1 N–H and O–H groups in total. The molecule has 4 nitrogen and oxygen atoms in total. The van der Waals surface area contributed by atoms with Gasteiger partial charge in [0.15, 0.2) is 8.29 Å². The Morgan fingerprint density at radius 3 is 2.59 bits per heavy atom. The van der Waals surface area contributed by atoms with Crippen LogP contribution in [0.15, 0.2) is 28.6 Å². The number of hydrogen-bond donors (Lipinski definition) is 1. The predicted octanol–water partition coefficient (Wildman–Crippen LogP) is 3.08. The van der Waals surface area contributed by atoms with E-state index in [0.717, 1.165) is 10.0 Å². The number of aromatic carboxylic acids is 1. The number of nitrogens with zero attached hydrogens (tertiary/aromatic N) is 2. The Hall–Kier alpha value is -1.18. The highest BCUT2D eigenvalue weighted by molar-refractivity contribution is 8.00. The molecule has 0 aliphatic heterocycles. The van der Waals surface area contributed by atoms with E-state index < -0.39 is 5.97 Å². The maximum atomic E-state index is 10.7. The van der Waals surface area contributed by atoms with Crippen LogP contribution in [0.25, 0.3) is 5.69 Å². The molecule has 0 unspecified atom stereocenters. The van der Waals surface area contributed by atoms with Gasteiger partial charge in [0.25, 0.3) is 0 Å². The Bertz CT molecular complexity index is 601. The maximum absolute atomic E-state index is 10.7. The number of carbonyl (C=O) groups is 1. The molecule has 0 aliphatic rings. The smallest absolute Gasteiger partial charge is 0.335 e. The Morgan fingerprint density at radius 1 is 1.47 bits per heavy atom. The largest absolute Gasteiger partial charge is 0.478 e. The van der Waals surface area contributed by atoms with Gasteiger partial charge < -0.3 is 5.11 Å². The van der Waals surface area contributed by atoms with Crippen molar-refractivity contribution in [3.05, 3.63) is 33.8 Å². The molecular formula is C10H8N2O2S3. The second kappa shape index (κ2) is 4.99. The second-order valence-electron chi connectivity index (χ2n) is 3.10. The van der Waals surface area contributed by atoms with Gasteiger partial charge in [-0.05, 0) is 42.7 Å². The Labute approximate surface area is 111 Å². The van der Waals surface area contributed by atoms with E-state index in [0.29, 0.717) is 3.95 Å². The molecule has 0 saturated heterocycles. The molecule has 1 aromatic heterocycles. The van der Waals surface area contributed by atoms with Gasteiger partial charge in [-0.25, -0.2) is 9.48 Å². The minimum atomic E-state index is -0.941. The van der Waals surface area contributed by atoms with Crippen LogP contribution in [-0.4, -0.2) is 27.1 Å². The van der Waals surface area contributed by atoms with Gasteiger partial charge in [0.1, 0.15) is 0 Å². The fourth-order valence-corrected chi connectivity index (χ4v) is 3.03. The number of rotatable bonds is 3. The molecular weight excluding hydrogens is 276 g/mol. The molecule has 2 aromatic rings. The molecule has 0 atom stereocenters. The third-order valence-corrected chi connectivity index (χ3v) is 4.27. The van der Waals surface area contributed by atoms with Crippen molar-refractivity contribution in [3.63, 3.8) is 0 Å². The average molecular weight is 284 g/mol. The van der Waals surface area contributed by atoms with Crippen LogP contribution in [0.3, 0.4) is 0 Å². The molecule has 0 radical (unpaired) electrons. The lowest BCUT2D eigenvalue weighted by molar-refractivity contribution is 0.0697. The van der Waals surface area contributed by atoms with Crippen LogP contribution in [0.1, 0.15) is 10.4 Å². The number of carboxylic acids is 1. The summed E-state index contributed by atoms with van der Waals surface area (Å²) in [6, 6.07) is 6.47. The van der Waals surface area contributed by atoms with E-state index in [1.165, 1.54) is 35.2 Å². The number of aromatic nitrogens is 2. The Kier molecular flexibility index (Phi) is 3.60. The summed E-state index contributed by atoms with van der Waals surface area (Å²) in [6.45, 7) is 0. The highest BCUT2D eigenvalue weighted by Crippen LogP contribution is 2.21. The summed E-state index contributed by atoms with van der Waals surface area (Å²) in [6.07, 6.45) is 1.94. The van der Waals surface area contributed by atoms with E-state index in [2.05, 4.69) is 5.10 Å². The first-order valence-corrected chi connectivity index (χ1v) is 7.04. The van der Waals surface area contributed by atoms with Gasteiger partial charge in [0.2, 0.25) is 0 Å². The average Bonchev–Trinajstić information content (AvgIpc) is 2.71. The van der Waals surface area contributed by atoms with Crippen molar-refractivity contribution in [2.24, 2.45) is 0 Å². The van der Waals surface area contributed by atoms with E-state index in [9.17, 15) is 4.79 Å². The fraction of sp³-hybridized carbons (Fsp3) is 0.100. The zero-order valence-corrected chi connectivity index (χ0v) is 11.2. The van der Waals surface area contributed by atoms with Gasteiger partial charge in [0.05, 0.1) is 11.3 Å². The van der Waals surface area contributed by atoms with Crippen LogP contribution in [0.5, 0.6) is 0 Å². The molecule has 2 rings (SSSR count). The fourth-order valence-electron chi connectivity index (χ4n) is 1.25. The summed E-state index contributed by atoms with van der Waals surface area (Å²) in [5.74, 6) is -0.941. The van der Waals surface area contributed by atoms with Gasteiger partial charge in [-0.2, -0.15) is 0 Å². The number of thioether (sulfide) groups is 1. The number of benzene rings is 1. The zero-order chi connectivity index (χ0) is 12.4. The van der Waals surface area contributed by atoms with Crippen LogP contribution in [0, 0.1) is 3.95 Å². The van der Waals surface area contributed by atoms with Crippen molar-refractivity contribution >= 4 is 41.3 Å². The van der Waals surface area contributed by atoms with E-state index >= 15 is 0 Å². The van der Waals surface area contributed by atoms with Crippen LogP contribution in [0.4, 0.5) is 0 Å². The summed E-state index contributed by atoms with van der Waals surface area (Å²) in [5.41, 5.74) is 1.03. The second-order valence-corrected chi connectivity index (χ2v) is 5.78. The number of carboxylic acid groups (broad SMARTS) is 1. The summed E-state index contributed by atoms with van der Waals surface area (Å²) < 4.78 is 3.17. The van der Waals surface area contributed by atoms with Crippen LogP contribution in [0.2, 0.25) is 0 Å². The Morgan fingerprint density at radius 2 is 2.12 bits per heavy atom. The first-order chi connectivity index (χ1) is 8.11. The molecule has 88 valence electrons. The van der Waals surface area contributed by atoms with Crippen LogP contribution >= 0.6 is 35.3 Å². The van der Waals surface area contributed by atoms with Crippen molar-refractivity contribution in [2.45, 2.75) is 4.34 Å². The van der Waals surface area contributed by atoms with Gasteiger partial charge >= 0.3 is 5.97 Å². The molecule has 0 aliphatic carbocycles. The van der Waals surface area contributed by atoms with Gasteiger partial charge in [-0.15, -0.1) is 5.10 Å². The minimum Gasteiger partial charge on any atom is -0.478 e. The Balaban J connectivity index is 2.42. The van der Waals surface area contributed by atoms with Crippen molar-refractivity contribution in [1.29, 1.82) is 0 Å². The van der Waals surface area contributed by atoms with Crippen molar-refractivity contribution in [3.8, 4) is 5.69 Å². The summed E-state index contributed by atoms with van der Waals surface area (Å²) in [4.78, 5) is 10.7. The quantitative estimate of drug-likeness (QED) is 0.693. The van der Waals surface area contributed by atoms with E-state index in [4.69, 9.17) is 17.3 Å². The molecule has 0 amide bonds. The molecule has 7 heteroatoms. The van der Waals surface area contributed by atoms with Gasteiger partial charge in [-0.3, -0.25) is 0 Å². The maximum Gasteiger partial charge on any atom is 0.335 e. The molecule has 1 aromatic carbocycles. The highest BCUT2D eigenvalue weighted by Gasteiger charge is 2.06. The molecule has 17 heavy (non-hydrogen) atoms. The zero-order valence-electron chi connectivity index (χ0n) is 8.78. The summed E-state index contributed by atoms with van der Waals surface area (Å²) in [7, 11) is 0. The minimum absolute atomic E-state index is 0.251. The SMILES string of the molecule is CSc1nn(-c2ccc(C(=O)O)cc2)c(=S)s1. The first-order valence-electron chi connectivity index (χ1n) is 4.59. The third-order valence-electron chi connectivity index (χ3n) is 2.06. The standard InChI is InChI=1S/C10H8N2O2S3/c1-16-9-11-12(10(15)17-9)7-4-2-6(3-5-7)8(13)14/h2-5H,1H3,(H,13,14). The molecule has 0 saturated carbocycles. The van der Waals surface area contributed by atoms with Crippen LogP contribution in [-0.2, 0) is 0 Å². The van der Waals surface area contributed by atoms with Gasteiger partial charge in [-0.1, -0.05) is 23.1 Å². The van der Waals surface area contributed by atoms with Crippen molar-refractivity contribution in [2.75, 3.05) is 6.26 Å². The van der Waals surface area contributed by atoms with E-state index in [1.807, 2.05) is 6.26 Å². The molecule has 1 heterocycles. The highest BCUT2D eigenvalue weighted by atomic mass is 32.2. The lowest BCUT2D eigenvalue weighted by atomic mass is 10.2. The predicted molar refractivity (Wildman–Crippen MR) is 71.0 cm³/mol. The molecule has 0 bridgehead atoms. The topological polar surface area (TPSA) is 55.1 Å². The van der Waals surface area contributed by atoms with E-state index in [1.54, 1.807) is 16.8 Å². The van der Waals surface area contributed by atoms with E-state index in [-0.39, 0.29) is 5.56 Å². The first kappa shape index (κ1) is 12.3. The van der Waals surface area contributed by atoms with Crippen molar-refractivity contribution < 1.29 is 9.90 Å². The van der Waals surface area contributed by atoms with Crippen molar-refractivity contribution in [1.82, 2.24) is 9.78 Å². The monoisotopic (exact) mass is 284 g/mol. The summed E-state index contributed by atoms with van der Waals surface area (Å²) in [5, 5.41) is 13.1. The third kappa shape index (κ3) is 2.56. The number of hydrogen-bond acceptors (Lipinski definition) is 5. The van der Waals surface area contributed by atoms with Gasteiger partial charge in [0, 0.05) is 0 Å². The molecule has 0 fully saturated rings. The van der Waals surface area contributed by atoms with Crippen LogP contribution < -0.4 is 0 Å². The lowest BCUT2D eigenvalue weighted by Gasteiger charge is -2.00. The lowest BCUT2D eigenvalue weighted by Crippen LogP contribution is -1.99. The summed E-state index contributed by atoms with van der Waals surface area (Å²) >= 11 is 8.16.